The highest BCUT2D eigenvalue weighted by Crippen LogP contribution is 2.11. The summed E-state index contributed by atoms with van der Waals surface area (Å²) < 4.78 is 0.979. The molecule has 0 saturated carbocycles. The summed E-state index contributed by atoms with van der Waals surface area (Å²) in [6.07, 6.45) is 0.703. The molecular weight excluding hydrogens is 174 g/mol. The third-order valence-corrected chi connectivity index (χ3v) is 1.78. The Balaban J connectivity index is 2.70. The minimum atomic E-state index is -0.144. The van der Waals surface area contributed by atoms with Crippen molar-refractivity contribution in [3.8, 4) is 0 Å². The van der Waals surface area contributed by atoms with Gasteiger partial charge in [0.1, 0.15) is 0 Å². The minimum absolute atomic E-state index is 0.144. The zero-order chi connectivity index (χ0) is 6.15. The molecule has 0 spiro atoms. The molecule has 0 aromatic rings. The summed E-state index contributed by atoms with van der Waals surface area (Å²) in [7, 11) is 0. The molecule has 3 nitrogen and oxygen atoms in total. The lowest BCUT2D eigenvalue weighted by molar-refractivity contribution is -0.126. The lowest BCUT2D eigenvalue weighted by Gasteiger charge is -1.78. The van der Waals surface area contributed by atoms with Crippen molar-refractivity contribution in [3.63, 3.8) is 0 Å². The van der Waals surface area contributed by atoms with Gasteiger partial charge in [0.2, 0.25) is 0 Å². The minimum Gasteiger partial charge on any atom is -0.224 e. The van der Waals surface area contributed by atoms with Crippen LogP contribution in [0.25, 0.3) is 0 Å². The van der Waals surface area contributed by atoms with Crippen LogP contribution in [0.1, 0.15) is 12.8 Å². The van der Waals surface area contributed by atoms with E-state index in [1.165, 1.54) is 0 Å². The van der Waals surface area contributed by atoms with Gasteiger partial charge in [-0.05, 0) is 0 Å². The molecule has 43 valence electrons. The van der Waals surface area contributed by atoms with Crippen molar-refractivity contribution >= 4 is 28.0 Å². The molecule has 1 aliphatic heterocycles. The summed E-state index contributed by atoms with van der Waals surface area (Å²) in [6.45, 7) is 0. The van der Waals surface area contributed by atoms with E-state index in [0.717, 1.165) is 3.93 Å². The van der Waals surface area contributed by atoms with Crippen LogP contribution in [0.2, 0.25) is 0 Å². The zero-order valence-corrected chi connectivity index (χ0v) is 5.64. The Morgan fingerprint density at radius 2 is 1.62 bits per heavy atom. The summed E-state index contributed by atoms with van der Waals surface area (Å²) in [5, 5.41) is 0. The van der Waals surface area contributed by atoms with E-state index in [4.69, 9.17) is 0 Å². The average molecular weight is 178 g/mol. The molecule has 4 heteroatoms. The van der Waals surface area contributed by atoms with Crippen LogP contribution >= 0.6 is 16.1 Å². The molecule has 1 fully saturated rings. The zero-order valence-electron chi connectivity index (χ0n) is 4.06. The SMILES string of the molecule is O=C1CCC(=O)[N+]1Br. The van der Waals surface area contributed by atoms with Gasteiger partial charge in [0.15, 0.2) is 0 Å². The highest BCUT2D eigenvalue weighted by Gasteiger charge is 2.40. The molecule has 2 amide bonds. The highest BCUT2D eigenvalue weighted by atomic mass is 79.9. The van der Waals surface area contributed by atoms with E-state index in [1.54, 1.807) is 0 Å². The Morgan fingerprint density at radius 1 is 1.25 bits per heavy atom. The summed E-state index contributed by atoms with van der Waals surface area (Å²) in [5.41, 5.74) is 0. The van der Waals surface area contributed by atoms with Crippen molar-refractivity contribution in [1.82, 2.24) is 3.93 Å². The van der Waals surface area contributed by atoms with E-state index in [-0.39, 0.29) is 11.8 Å². The third-order valence-electron chi connectivity index (χ3n) is 0.991. The number of amides is 2. The first-order chi connectivity index (χ1) is 3.72. The second-order valence-corrected chi connectivity index (χ2v) is 2.28. The van der Waals surface area contributed by atoms with Gasteiger partial charge < -0.3 is 0 Å². The Morgan fingerprint density at radius 3 is 1.75 bits per heavy atom. The summed E-state index contributed by atoms with van der Waals surface area (Å²) >= 11 is 2.80. The van der Waals surface area contributed by atoms with E-state index >= 15 is 0 Å². The molecule has 1 aliphatic rings. The van der Waals surface area contributed by atoms with Crippen LogP contribution < -0.4 is 3.93 Å². The predicted molar refractivity (Wildman–Crippen MR) is 30.3 cm³/mol. The van der Waals surface area contributed by atoms with Gasteiger partial charge in [0.25, 0.3) is 0 Å². The van der Waals surface area contributed by atoms with Crippen molar-refractivity contribution < 1.29 is 9.59 Å². The molecule has 1 heterocycles. The second-order valence-electron chi connectivity index (χ2n) is 1.57. The normalized spacial score (nSPS) is 22.6. The number of hydrogen-bond donors (Lipinski definition) is 0. The van der Waals surface area contributed by atoms with Crippen LogP contribution in [0.5, 0.6) is 0 Å². The van der Waals surface area contributed by atoms with E-state index in [1.807, 2.05) is 0 Å². The number of imide groups is 1. The van der Waals surface area contributed by atoms with E-state index < -0.39 is 0 Å². The third kappa shape index (κ3) is 0.809. The predicted octanol–water partition coefficient (Wildman–Crippen LogP) is 0.283. The maximum absolute atomic E-state index is 10.4. The quantitative estimate of drug-likeness (QED) is 0.394. The van der Waals surface area contributed by atoms with Crippen LogP contribution in [0.3, 0.4) is 0 Å². The van der Waals surface area contributed by atoms with Crippen molar-refractivity contribution in [3.05, 3.63) is 0 Å². The summed E-state index contributed by atoms with van der Waals surface area (Å²) in [6, 6.07) is 0. The maximum Gasteiger partial charge on any atom is 0.381 e. The Labute approximate surface area is 55.0 Å². The molecule has 8 heavy (non-hydrogen) atoms. The smallest absolute Gasteiger partial charge is 0.224 e. The standard InChI is InChI=1S/C4H4BrNO2/c5-6-3(7)1-2-4(6)8/h1-2H2/q+1. The highest BCUT2D eigenvalue weighted by molar-refractivity contribution is 9.08. The van der Waals surface area contributed by atoms with Crippen molar-refractivity contribution in [2.45, 2.75) is 12.8 Å². The van der Waals surface area contributed by atoms with Crippen molar-refractivity contribution in [1.29, 1.82) is 0 Å². The first-order valence-electron chi connectivity index (χ1n) is 2.23. The van der Waals surface area contributed by atoms with E-state index in [2.05, 4.69) is 16.1 Å². The monoisotopic (exact) mass is 177 g/mol. The number of rotatable bonds is 0. The maximum atomic E-state index is 10.4. The van der Waals surface area contributed by atoms with Crippen LogP contribution in [0.4, 0.5) is 0 Å². The molecule has 0 aromatic carbocycles. The average Bonchev–Trinajstić information content (AvgIpc) is 1.98. The molecular formula is C4H4BrNO2+. The summed E-state index contributed by atoms with van der Waals surface area (Å²) in [5.74, 6) is -0.287. The topological polar surface area (TPSA) is 40.0 Å². The Bertz CT molecular complexity index is 129. The van der Waals surface area contributed by atoms with Gasteiger partial charge in [0, 0.05) is 3.93 Å². The van der Waals surface area contributed by atoms with Crippen molar-refractivity contribution in [2.75, 3.05) is 0 Å². The lowest BCUT2D eigenvalue weighted by Crippen LogP contribution is -2.22. The molecule has 0 N–H and O–H groups in total. The number of hydrogen-bond acceptors (Lipinski definition) is 2. The number of carbonyl (C=O) groups is 2. The number of nitrogens with zero attached hydrogens (tertiary/aromatic N) is 1. The van der Waals surface area contributed by atoms with Gasteiger partial charge in [-0.15, -0.1) is 0 Å². The lowest BCUT2D eigenvalue weighted by atomic mass is 10.4. The molecule has 0 aromatic heterocycles. The van der Waals surface area contributed by atoms with Crippen LogP contribution in [-0.2, 0) is 9.59 Å². The first kappa shape index (κ1) is 5.91. The molecule has 0 atom stereocenters. The van der Waals surface area contributed by atoms with Crippen LogP contribution in [-0.4, -0.2) is 11.8 Å². The number of carbonyl (C=O) groups excluding carboxylic acids is 2. The number of halogens is 1. The molecule has 1 radical (unpaired) electrons. The van der Waals surface area contributed by atoms with Crippen LogP contribution in [0.15, 0.2) is 0 Å². The largest absolute Gasteiger partial charge is 0.381 e. The Kier molecular flexibility index (Phi) is 1.44. The summed E-state index contributed by atoms with van der Waals surface area (Å²) in [4.78, 5) is 20.9. The van der Waals surface area contributed by atoms with Crippen LogP contribution in [0, 0.1) is 0 Å². The van der Waals surface area contributed by atoms with Crippen molar-refractivity contribution in [2.24, 2.45) is 0 Å². The fourth-order valence-electron chi connectivity index (χ4n) is 0.549. The molecule has 0 unspecified atom stereocenters. The fourth-order valence-corrected chi connectivity index (χ4v) is 0.904. The van der Waals surface area contributed by atoms with Gasteiger partial charge in [-0.1, -0.05) is 0 Å². The second kappa shape index (κ2) is 1.95. The van der Waals surface area contributed by atoms with Gasteiger partial charge in [-0.2, -0.15) is 0 Å². The molecule has 1 rings (SSSR count). The first-order valence-corrected chi connectivity index (χ1v) is 2.94. The molecule has 1 saturated heterocycles. The van der Waals surface area contributed by atoms with E-state index in [9.17, 15) is 9.59 Å². The molecule has 0 bridgehead atoms. The van der Waals surface area contributed by atoms with E-state index in [0.29, 0.717) is 12.8 Å². The fraction of sp³-hybridized carbons (Fsp3) is 0.500. The van der Waals surface area contributed by atoms with Gasteiger partial charge in [-0.3, -0.25) is 0 Å². The van der Waals surface area contributed by atoms with Gasteiger partial charge >= 0.3 is 28.0 Å². The molecule has 0 aliphatic carbocycles. The Hall–Kier alpha value is -0.220. The van der Waals surface area contributed by atoms with Gasteiger partial charge in [-0.25, -0.2) is 9.59 Å². The van der Waals surface area contributed by atoms with Gasteiger partial charge in [0.05, 0.1) is 12.8 Å².